The first-order valence-electron chi connectivity index (χ1n) is 8.99. The fourth-order valence-corrected chi connectivity index (χ4v) is 4.02. The highest BCUT2D eigenvalue weighted by atomic mass is 79.9. The average Bonchev–Trinajstić information content (AvgIpc) is 3.22. The Labute approximate surface area is 195 Å². The summed E-state index contributed by atoms with van der Waals surface area (Å²) in [5, 5.41) is 10.1. The van der Waals surface area contributed by atoms with Crippen molar-refractivity contribution in [1.29, 1.82) is 5.26 Å². The first-order valence-corrected chi connectivity index (χ1v) is 11.0. The molecule has 30 heavy (non-hydrogen) atoms. The third-order valence-corrected chi connectivity index (χ3v) is 5.90. The standard InChI is InChI=1S/C22H17Br2ClFNO3/c1-22(2)15(10-19(23)24)20(22)21(28)30-18(11-27)12-3-8-16(26)17(9-12)29-14-6-4-13(25)5-7-14/h3-10,15,18,20H,1-2H3/t15-,18+,20-/m0/s1. The van der Waals surface area contributed by atoms with Crippen LogP contribution in [0.2, 0.25) is 5.02 Å². The second-order valence-corrected chi connectivity index (χ2v) is 10.7. The second-order valence-electron chi connectivity index (χ2n) is 7.47. The molecule has 156 valence electrons. The highest BCUT2D eigenvalue weighted by Gasteiger charge is 2.61. The summed E-state index contributed by atoms with van der Waals surface area (Å²) in [5.41, 5.74) is 0.0404. The number of halogens is 4. The van der Waals surface area contributed by atoms with Crippen LogP contribution in [0.3, 0.4) is 0 Å². The van der Waals surface area contributed by atoms with Crippen molar-refractivity contribution in [3.8, 4) is 17.6 Å². The van der Waals surface area contributed by atoms with Crippen molar-refractivity contribution in [2.75, 3.05) is 0 Å². The smallest absolute Gasteiger partial charge is 0.311 e. The summed E-state index contributed by atoms with van der Waals surface area (Å²) >= 11 is 12.5. The molecular weight excluding hydrogens is 541 g/mol. The lowest BCUT2D eigenvalue weighted by atomic mass is 10.1. The Morgan fingerprint density at radius 1 is 1.27 bits per heavy atom. The molecule has 3 atom stereocenters. The van der Waals surface area contributed by atoms with Gasteiger partial charge in [0.05, 0.1) is 9.31 Å². The van der Waals surface area contributed by atoms with E-state index in [4.69, 9.17) is 21.1 Å². The van der Waals surface area contributed by atoms with Crippen molar-refractivity contribution in [2.24, 2.45) is 17.3 Å². The zero-order chi connectivity index (χ0) is 22.1. The van der Waals surface area contributed by atoms with Crippen molar-refractivity contribution in [1.82, 2.24) is 0 Å². The van der Waals surface area contributed by atoms with Crippen LogP contribution < -0.4 is 4.74 Å². The summed E-state index contributed by atoms with van der Waals surface area (Å²) in [6.07, 6.45) is 0.711. The summed E-state index contributed by atoms with van der Waals surface area (Å²) in [7, 11) is 0. The lowest BCUT2D eigenvalue weighted by Crippen LogP contribution is -2.14. The maximum atomic E-state index is 14.2. The molecule has 0 saturated heterocycles. The number of rotatable bonds is 6. The third-order valence-electron chi connectivity index (χ3n) is 5.12. The van der Waals surface area contributed by atoms with Crippen LogP contribution in [0.1, 0.15) is 25.5 Å². The van der Waals surface area contributed by atoms with Gasteiger partial charge in [-0.15, -0.1) is 0 Å². The van der Waals surface area contributed by atoms with Gasteiger partial charge in [-0.1, -0.05) is 37.6 Å². The minimum atomic E-state index is -1.18. The van der Waals surface area contributed by atoms with E-state index in [2.05, 4.69) is 31.9 Å². The Kier molecular flexibility index (Phi) is 6.91. The minimum Gasteiger partial charge on any atom is -0.454 e. The Balaban J connectivity index is 1.77. The fourth-order valence-electron chi connectivity index (χ4n) is 3.32. The van der Waals surface area contributed by atoms with Crippen molar-refractivity contribution in [3.05, 3.63) is 68.3 Å². The Morgan fingerprint density at radius 2 is 1.93 bits per heavy atom. The molecule has 0 aliphatic heterocycles. The highest BCUT2D eigenvalue weighted by molar-refractivity contribution is 9.28. The van der Waals surface area contributed by atoms with E-state index in [-0.39, 0.29) is 23.0 Å². The number of hydrogen-bond acceptors (Lipinski definition) is 4. The zero-order valence-electron chi connectivity index (χ0n) is 16.0. The van der Waals surface area contributed by atoms with Crippen LogP contribution in [0.5, 0.6) is 11.5 Å². The van der Waals surface area contributed by atoms with E-state index in [9.17, 15) is 14.4 Å². The predicted molar refractivity (Wildman–Crippen MR) is 119 cm³/mol. The molecule has 0 spiro atoms. The number of allylic oxidation sites excluding steroid dienone is 1. The molecule has 2 aromatic carbocycles. The van der Waals surface area contributed by atoms with E-state index in [1.165, 1.54) is 18.2 Å². The Hall–Kier alpha value is -1.88. The predicted octanol–water partition coefficient (Wildman–Crippen LogP) is 7.28. The van der Waals surface area contributed by atoms with Gasteiger partial charge in [0.25, 0.3) is 0 Å². The van der Waals surface area contributed by atoms with Gasteiger partial charge in [0.1, 0.15) is 11.8 Å². The number of ether oxygens (including phenoxy) is 2. The van der Waals surface area contributed by atoms with E-state index in [1.54, 1.807) is 24.3 Å². The van der Waals surface area contributed by atoms with Crippen LogP contribution in [0.25, 0.3) is 0 Å². The molecular formula is C22H17Br2ClFNO3. The number of nitriles is 1. The number of carbonyl (C=O) groups is 1. The SMILES string of the molecule is CC1(C)[C@H](C(=O)O[C@H](C#N)c2ccc(F)c(Oc3ccc(Cl)cc3)c2)[C@@H]1C=C(Br)Br. The van der Waals surface area contributed by atoms with E-state index < -0.39 is 17.9 Å². The van der Waals surface area contributed by atoms with E-state index >= 15 is 0 Å². The molecule has 1 fully saturated rings. The minimum absolute atomic E-state index is 0.0184. The van der Waals surface area contributed by atoms with Crippen LogP contribution in [-0.2, 0) is 9.53 Å². The van der Waals surface area contributed by atoms with Gasteiger partial charge in [0.2, 0.25) is 6.10 Å². The second kappa shape index (κ2) is 9.09. The van der Waals surface area contributed by atoms with Gasteiger partial charge in [-0.05, 0) is 79.6 Å². The van der Waals surface area contributed by atoms with E-state index in [1.807, 2.05) is 26.0 Å². The van der Waals surface area contributed by atoms with E-state index in [0.717, 1.165) is 3.39 Å². The number of esters is 1. The first kappa shape index (κ1) is 22.8. The first-order chi connectivity index (χ1) is 14.1. The monoisotopic (exact) mass is 555 g/mol. The van der Waals surface area contributed by atoms with E-state index in [0.29, 0.717) is 16.3 Å². The van der Waals surface area contributed by atoms with Crippen LogP contribution >= 0.6 is 43.5 Å². The van der Waals surface area contributed by atoms with Crippen LogP contribution in [0.4, 0.5) is 4.39 Å². The number of carbonyl (C=O) groups excluding carboxylic acids is 1. The topological polar surface area (TPSA) is 59.3 Å². The molecule has 4 nitrogen and oxygen atoms in total. The van der Waals surface area contributed by atoms with Gasteiger partial charge in [0, 0.05) is 10.6 Å². The van der Waals surface area contributed by atoms with Gasteiger partial charge in [-0.2, -0.15) is 5.26 Å². The number of hydrogen-bond donors (Lipinski definition) is 0. The molecule has 0 unspecified atom stereocenters. The molecule has 1 aliphatic rings. The van der Waals surface area contributed by atoms with Crippen molar-refractivity contribution >= 4 is 49.4 Å². The average molecular weight is 558 g/mol. The van der Waals surface area contributed by atoms with Crippen molar-refractivity contribution in [2.45, 2.75) is 20.0 Å². The van der Waals surface area contributed by atoms with Crippen molar-refractivity contribution in [3.63, 3.8) is 0 Å². The number of nitrogens with zero attached hydrogens (tertiary/aromatic N) is 1. The molecule has 2 aromatic rings. The van der Waals surface area contributed by atoms with Gasteiger partial charge in [-0.25, -0.2) is 4.39 Å². The lowest BCUT2D eigenvalue weighted by Gasteiger charge is -2.14. The largest absolute Gasteiger partial charge is 0.454 e. The molecule has 3 rings (SSSR count). The molecule has 0 N–H and O–H groups in total. The van der Waals surface area contributed by atoms with Gasteiger partial charge in [-0.3, -0.25) is 4.79 Å². The summed E-state index contributed by atoms with van der Waals surface area (Å²) in [4.78, 5) is 12.7. The molecule has 0 bridgehead atoms. The Morgan fingerprint density at radius 3 is 2.53 bits per heavy atom. The molecule has 0 heterocycles. The fraction of sp³-hybridized carbons (Fsp3) is 0.273. The quantitative estimate of drug-likeness (QED) is 0.350. The lowest BCUT2D eigenvalue weighted by molar-refractivity contribution is -0.149. The van der Waals surface area contributed by atoms with Crippen molar-refractivity contribution < 1.29 is 18.7 Å². The van der Waals surface area contributed by atoms with Gasteiger partial charge in [0.15, 0.2) is 11.6 Å². The van der Waals surface area contributed by atoms with Crippen LogP contribution in [-0.4, -0.2) is 5.97 Å². The van der Waals surface area contributed by atoms with Gasteiger partial charge < -0.3 is 9.47 Å². The number of benzene rings is 2. The van der Waals surface area contributed by atoms with Crippen LogP contribution in [0, 0.1) is 34.4 Å². The third kappa shape index (κ3) is 5.05. The summed E-state index contributed by atoms with van der Waals surface area (Å²) < 4.78 is 26.0. The molecule has 0 amide bonds. The van der Waals surface area contributed by atoms with Crippen LogP contribution in [0.15, 0.2) is 51.9 Å². The molecule has 0 aromatic heterocycles. The molecule has 1 aliphatic carbocycles. The normalized spacial score (nSPS) is 19.9. The Bertz CT molecular complexity index is 1030. The molecule has 8 heteroatoms. The summed E-state index contributed by atoms with van der Waals surface area (Å²) in [6, 6.07) is 12.3. The highest BCUT2D eigenvalue weighted by Crippen LogP contribution is 2.60. The maximum Gasteiger partial charge on any atom is 0.311 e. The summed E-state index contributed by atoms with van der Waals surface area (Å²) in [6.45, 7) is 3.92. The van der Waals surface area contributed by atoms with Gasteiger partial charge >= 0.3 is 5.97 Å². The molecule has 1 saturated carbocycles. The summed E-state index contributed by atoms with van der Waals surface area (Å²) in [5.74, 6) is -1.16. The maximum absolute atomic E-state index is 14.2. The zero-order valence-corrected chi connectivity index (χ0v) is 20.0. The molecule has 0 radical (unpaired) electrons.